The molecule has 0 aliphatic rings. The third-order valence-corrected chi connectivity index (χ3v) is 4.50. The standard InChI is InChI=1S/C18H20BrNO4S/c1-13(2)20(18(21)15-7-9-16(19)10-8-15)12-14-5-4-6-17(11-14)24-25(3,22)23/h4-11,13H,12H2,1-3H3. The Kier molecular flexibility index (Phi) is 6.24. The van der Waals surface area contributed by atoms with Crippen molar-refractivity contribution >= 4 is 32.0 Å². The molecule has 2 aromatic carbocycles. The zero-order chi connectivity index (χ0) is 18.6. The predicted molar refractivity (Wildman–Crippen MR) is 101 cm³/mol. The Bertz CT molecular complexity index is 848. The second-order valence-corrected chi connectivity index (χ2v) is 8.46. The Morgan fingerprint density at radius 1 is 1.16 bits per heavy atom. The van der Waals surface area contributed by atoms with Gasteiger partial charge in [-0.15, -0.1) is 0 Å². The summed E-state index contributed by atoms with van der Waals surface area (Å²) in [4.78, 5) is 14.5. The van der Waals surface area contributed by atoms with E-state index in [1.54, 1.807) is 35.2 Å². The van der Waals surface area contributed by atoms with Gasteiger partial charge >= 0.3 is 10.1 Å². The van der Waals surface area contributed by atoms with E-state index in [0.717, 1.165) is 16.3 Å². The normalized spacial score (nSPS) is 11.4. The molecule has 0 saturated carbocycles. The summed E-state index contributed by atoms with van der Waals surface area (Å²) in [6.07, 6.45) is 0.997. The lowest BCUT2D eigenvalue weighted by Crippen LogP contribution is -2.36. The third-order valence-electron chi connectivity index (χ3n) is 3.47. The molecule has 0 spiro atoms. The van der Waals surface area contributed by atoms with E-state index in [9.17, 15) is 13.2 Å². The number of hydrogen-bond donors (Lipinski definition) is 0. The molecule has 0 aliphatic heterocycles. The lowest BCUT2D eigenvalue weighted by Gasteiger charge is -2.27. The molecule has 0 aromatic heterocycles. The highest BCUT2D eigenvalue weighted by molar-refractivity contribution is 9.10. The minimum absolute atomic E-state index is 0.0179. The molecular weight excluding hydrogens is 406 g/mol. The topological polar surface area (TPSA) is 63.7 Å². The first-order chi connectivity index (χ1) is 11.7. The van der Waals surface area contributed by atoms with Crippen molar-refractivity contribution in [1.29, 1.82) is 0 Å². The van der Waals surface area contributed by atoms with Gasteiger partial charge in [-0.05, 0) is 55.8 Å². The number of rotatable bonds is 6. The molecule has 2 rings (SSSR count). The average molecular weight is 426 g/mol. The number of hydrogen-bond acceptors (Lipinski definition) is 4. The Balaban J connectivity index is 2.23. The van der Waals surface area contributed by atoms with Crippen LogP contribution in [0.4, 0.5) is 0 Å². The van der Waals surface area contributed by atoms with Gasteiger partial charge in [0.15, 0.2) is 0 Å². The van der Waals surface area contributed by atoms with Crippen molar-refractivity contribution in [2.24, 2.45) is 0 Å². The summed E-state index contributed by atoms with van der Waals surface area (Å²) in [5.41, 5.74) is 1.39. The zero-order valence-electron chi connectivity index (χ0n) is 14.3. The van der Waals surface area contributed by atoms with E-state index in [0.29, 0.717) is 12.1 Å². The molecule has 0 bridgehead atoms. The largest absolute Gasteiger partial charge is 0.383 e. The minimum Gasteiger partial charge on any atom is -0.383 e. The van der Waals surface area contributed by atoms with Gasteiger partial charge in [-0.2, -0.15) is 8.42 Å². The maximum atomic E-state index is 12.8. The minimum atomic E-state index is -3.59. The molecule has 2 aromatic rings. The van der Waals surface area contributed by atoms with E-state index < -0.39 is 10.1 Å². The van der Waals surface area contributed by atoms with Crippen LogP contribution in [0.3, 0.4) is 0 Å². The monoisotopic (exact) mass is 425 g/mol. The fourth-order valence-corrected chi connectivity index (χ4v) is 3.03. The first kappa shape index (κ1) is 19.5. The zero-order valence-corrected chi connectivity index (χ0v) is 16.7. The predicted octanol–water partition coefficient (Wildman–Crippen LogP) is 3.84. The molecule has 0 saturated heterocycles. The van der Waals surface area contributed by atoms with Crippen molar-refractivity contribution in [2.75, 3.05) is 6.26 Å². The Labute approximate surface area is 156 Å². The number of amides is 1. The molecule has 0 N–H and O–H groups in total. The van der Waals surface area contributed by atoms with Crippen molar-refractivity contribution in [1.82, 2.24) is 4.90 Å². The highest BCUT2D eigenvalue weighted by Gasteiger charge is 2.19. The van der Waals surface area contributed by atoms with Gasteiger partial charge in [0, 0.05) is 22.6 Å². The number of halogens is 1. The smallest absolute Gasteiger partial charge is 0.306 e. The van der Waals surface area contributed by atoms with Crippen LogP contribution in [0, 0.1) is 0 Å². The summed E-state index contributed by atoms with van der Waals surface area (Å²) in [6.45, 7) is 4.23. The van der Waals surface area contributed by atoms with Crippen molar-refractivity contribution in [3.63, 3.8) is 0 Å². The molecule has 0 atom stereocenters. The highest BCUT2D eigenvalue weighted by atomic mass is 79.9. The van der Waals surface area contributed by atoms with Gasteiger partial charge in [0.05, 0.1) is 6.26 Å². The first-order valence-electron chi connectivity index (χ1n) is 7.70. The van der Waals surface area contributed by atoms with E-state index in [1.807, 2.05) is 32.0 Å². The van der Waals surface area contributed by atoms with Crippen molar-refractivity contribution < 1.29 is 17.4 Å². The fourth-order valence-electron chi connectivity index (χ4n) is 2.31. The summed E-state index contributed by atoms with van der Waals surface area (Å²) >= 11 is 3.36. The lowest BCUT2D eigenvalue weighted by molar-refractivity contribution is 0.0690. The molecule has 0 unspecified atom stereocenters. The molecule has 0 aliphatic carbocycles. The summed E-state index contributed by atoms with van der Waals surface area (Å²) in [5.74, 6) is 0.150. The molecular formula is C18H20BrNO4S. The van der Waals surface area contributed by atoms with Crippen LogP contribution < -0.4 is 4.18 Å². The molecule has 7 heteroatoms. The molecule has 0 heterocycles. The molecule has 25 heavy (non-hydrogen) atoms. The van der Waals surface area contributed by atoms with Crippen LogP contribution in [0.15, 0.2) is 53.0 Å². The third kappa shape index (κ3) is 5.86. The van der Waals surface area contributed by atoms with E-state index >= 15 is 0 Å². The van der Waals surface area contributed by atoms with Crippen molar-refractivity contribution in [2.45, 2.75) is 26.4 Å². The molecule has 1 amide bonds. The number of benzene rings is 2. The first-order valence-corrected chi connectivity index (χ1v) is 10.3. The fraction of sp³-hybridized carbons (Fsp3) is 0.278. The van der Waals surface area contributed by atoms with Crippen LogP contribution >= 0.6 is 15.9 Å². The van der Waals surface area contributed by atoms with Gasteiger partial charge in [0.1, 0.15) is 5.75 Å². The van der Waals surface area contributed by atoms with Crippen LogP contribution in [0.2, 0.25) is 0 Å². The lowest BCUT2D eigenvalue weighted by atomic mass is 10.1. The van der Waals surface area contributed by atoms with Gasteiger partial charge in [-0.1, -0.05) is 28.1 Å². The number of carbonyl (C=O) groups is 1. The summed E-state index contributed by atoms with van der Waals surface area (Å²) in [7, 11) is -3.59. The van der Waals surface area contributed by atoms with Gasteiger partial charge in [0.25, 0.3) is 5.91 Å². The Morgan fingerprint density at radius 3 is 2.36 bits per heavy atom. The second-order valence-electron chi connectivity index (χ2n) is 5.97. The van der Waals surface area contributed by atoms with Crippen LogP contribution in [0.5, 0.6) is 5.75 Å². The number of carbonyl (C=O) groups excluding carboxylic acids is 1. The summed E-state index contributed by atoms with van der Waals surface area (Å²) in [5, 5.41) is 0. The maximum Gasteiger partial charge on any atom is 0.306 e. The second kappa shape index (κ2) is 8.01. The van der Waals surface area contributed by atoms with E-state index in [2.05, 4.69) is 15.9 Å². The SMILES string of the molecule is CC(C)N(Cc1cccc(OS(C)(=O)=O)c1)C(=O)c1ccc(Br)cc1. The number of nitrogens with zero attached hydrogens (tertiary/aromatic N) is 1. The van der Waals surface area contributed by atoms with E-state index in [4.69, 9.17) is 4.18 Å². The van der Waals surface area contributed by atoms with E-state index in [-0.39, 0.29) is 17.7 Å². The van der Waals surface area contributed by atoms with Crippen molar-refractivity contribution in [3.8, 4) is 5.75 Å². The van der Waals surface area contributed by atoms with Gasteiger partial charge in [-0.3, -0.25) is 4.79 Å². The van der Waals surface area contributed by atoms with Crippen LogP contribution in [-0.2, 0) is 16.7 Å². The molecule has 0 radical (unpaired) electrons. The van der Waals surface area contributed by atoms with E-state index in [1.165, 1.54) is 0 Å². The molecule has 134 valence electrons. The van der Waals surface area contributed by atoms with Gasteiger partial charge in [-0.25, -0.2) is 0 Å². The van der Waals surface area contributed by atoms with Crippen LogP contribution in [-0.4, -0.2) is 31.5 Å². The maximum absolute atomic E-state index is 12.8. The van der Waals surface area contributed by atoms with Crippen LogP contribution in [0.25, 0.3) is 0 Å². The van der Waals surface area contributed by atoms with Crippen LogP contribution in [0.1, 0.15) is 29.8 Å². The Morgan fingerprint density at radius 2 is 1.80 bits per heavy atom. The van der Waals surface area contributed by atoms with Gasteiger partial charge in [0.2, 0.25) is 0 Å². The summed E-state index contributed by atoms with van der Waals surface area (Å²) in [6, 6.07) is 13.9. The Hall–Kier alpha value is -1.86. The van der Waals surface area contributed by atoms with Crippen molar-refractivity contribution in [3.05, 3.63) is 64.1 Å². The quantitative estimate of drug-likeness (QED) is 0.659. The summed E-state index contributed by atoms with van der Waals surface area (Å²) < 4.78 is 28.4. The molecule has 0 fully saturated rings. The highest BCUT2D eigenvalue weighted by Crippen LogP contribution is 2.20. The average Bonchev–Trinajstić information content (AvgIpc) is 2.51. The van der Waals surface area contributed by atoms with Gasteiger partial charge < -0.3 is 9.08 Å². The molecule has 5 nitrogen and oxygen atoms in total.